The summed E-state index contributed by atoms with van der Waals surface area (Å²) in [5.41, 5.74) is 0.855. The Morgan fingerprint density at radius 2 is 1.86 bits per heavy atom. The van der Waals surface area contributed by atoms with Gasteiger partial charge in [-0.1, -0.05) is 6.07 Å². The minimum Gasteiger partial charge on any atom is -0.432 e. The standard InChI is InChI=1S/C14H20B2N2O3/c1-13(2)14(3,4)21-16(20-13)11-9-18(15(5)19)12-10(11)7-6-8-17-12/h6-9,19H,1-5H3. The van der Waals surface area contributed by atoms with Gasteiger partial charge in [0.25, 0.3) is 0 Å². The topological polar surface area (TPSA) is 56.5 Å². The molecule has 0 saturated carbocycles. The van der Waals surface area contributed by atoms with Crippen molar-refractivity contribution in [1.82, 2.24) is 9.46 Å². The predicted octanol–water partition coefficient (Wildman–Crippen LogP) is 1.29. The minimum absolute atomic E-state index is 0.390. The average molecular weight is 286 g/mol. The van der Waals surface area contributed by atoms with Crippen molar-refractivity contribution < 1.29 is 14.3 Å². The van der Waals surface area contributed by atoms with Gasteiger partial charge in [-0.2, -0.15) is 0 Å². The Kier molecular flexibility index (Phi) is 3.20. The first-order valence-corrected chi connectivity index (χ1v) is 7.22. The molecule has 1 fully saturated rings. The van der Waals surface area contributed by atoms with Gasteiger partial charge >= 0.3 is 14.2 Å². The Hall–Kier alpha value is -1.30. The molecule has 1 aliphatic rings. The summed E-state index contributed by atoms with van der Waals surface area (Å²) in [6, 6.07) is 3.85. The van der Waals surface area contributed by atoms with Gasteiger partial charge in [-0.3, -0.25) is 0 Å². The van der Waals surface area contributed by atoms with Crippen molar-refractivity contribution >= 4 is 30.7 Å². The first kappa shape index (κ1) is 14.6. The normalized spacial score (nSPS) is 20.2. The van der Waals surface area contributed by atoms with Crippen LogP contribution in [0, 0.1) is 0 Å². The summed E-state index contributed by atoms with van der Waals surface area (Å²) in [5.74, 6) is 0. The third-order valence-electron chi connectivity index (χ3n) is 4.53. The van der Waals surface area contributed by atoms with E-state index >= 15 is 0 Å². The maximum atomic E-state index is 9.92. The SMILES string of the molecule is CB(O)n1cc(B2OC(C)(C)C(C)(C)O2)c2cccnc21. The molecule has 0 spiro atoms. The molecule has 7 heteroatoms. The van der Waals surface area contributed by atoms with E-state index in [1.807, 2.05) is 46.0 Å². The number of hydrogen-bond acceptors (Lipinski definition) is 4. The zero-order valence-electron chi connectivity index (χ0n) is 13.1. The molecule has 0 aliphatic carbocycles. The van der Waals surface area contributed by atoms with Crippen molar-refractivity contribution in [3.63, 3.8) is 0 Å². The van der Waals surface area contributed by atoms with Gasteiger partial charge < -0.3 is 18.8 Å². The van der Waals surface area contributed by atoms with Crippen LogP contribution >= 0.6 is 0 Å². The second kappa shape index (κ2) is 4.60. The number of nitrogens with zero attached hydrogens (tertiary/aromatic N) is 2. The molecule has 0 amide bonds. The van der Waals surface area contributed by atoms with E-state index in [2.05, 4.69) is 4.98 Å². The maximum absolute atomic E-state index is 9.92. The van der Waals surface area contributed by atoms with Crippen LogP contribution in [0.5, 0.6) is 0 Å². The van der Waals surface area contributed by atoms with Gasteiger partial charge in [-0.25, -0.2) is 4.98 Å². The Morgan fingerprint density at radius 1 is 1.24 bits per heavy atom. The van der Waals surface area contributed by atoms with E-state index in [4.69, 9.17) is 9.31 Å². The lowest BCUT2D eigenvalue weighted by atomic mass is 9.79. The summed E-state index contributed by atoms with van der Waals surface area (Å²) < 4.78 is 13.9. The van der Waals surface area contributed by atoms with E-state index in [1.165, 1.54) is 0 Å². The molecule has 3 heterocycles. The molecule has 1 saturated heterocycles. The summed E-state index contributed by atoms with van der Waals surface area (Å²) in [6.07, 6.45) is 3.58. The Balaban J connectivity index is 2.10. The van der Waals surface area contributed by atoms with Crippen molar-refractivity contribution in [2.24, 2.45) is 0 Å². The molecule has 2 aromatic heterocycles. The zero-order valence-corrected chi connectivity index (χ0v) is 13.1. The third kappa shape index (κ3) is 2.20. The fraction of sp³-hybridized carbons (Fsp3) is 0.500. The van der Waals surface area contributed by atoms with Gasteiger partial charge in [0.15, 0.2) is 0 Å². The number of rotatable bonds is 2. The first-order chi connectivity index (χ1) is 9.73. The average Bonchev–Trinajstić information content (AvgIpc) is 2.85. The second-order valence-corrected chi connectivity index (χ2v) is 6.59. The molecular weight excluding hydrogens is 266 g/mol. The Morgan fingerprint density at radius 3 is 2.43 bits per heavy atom. The van der Waals surface area contributed by atoms with Gasteiger partial charge in [0.1, 0.15) is 5.65 Å². The van der Waals surface area contributed by atoms with Crippen molar-refractivity contribution in [3.8, 4) is 0 Å². The largest absolute Gasteiger partial charge is 0.497 e. The number of fused-ring (bicyclic) bond motifs is 1. The molecule has 5 nitrogen and oxygen atoms in total. The minimum atomic E-state index is -0.654. The Labute approximate surface area is 125 Å². The molecule has 3 rings (SSSR count). The smallest absolute Gasteiger partial charge is 0.432 e. The van der Waals surface area contributed by atoms with Crippen LogP contribution in [0.15, 0.2) is 24.5 Å². The van der Waals surface area contributed by atoms with E-state index in [0.29, 0.717) is 0 Å². The maximum Gasteiger partial charge on any atom is 0.497 e. The van der Waals surface area contributed by atoms with Crippen LogP contribution in [-0.4, -0.2) is 39.9 Å². The van der Waals surface area contributed by atoms with Crippen LogP contribution < -0.4 is 5.46 Å². The molecule has 0 unspecified atom stereocenters. The van der Waals surface area contributed by atoms with Gasteiger partial charge in [-0.15, -0.1) is 0 Å². The van der Waals surface area contributed by atoms with E-state index in [-0.39, 0.29) is 11.2 Å². The van der Waals surface area contributed by atoms with Crippen LogP contribution in [-0.2, 0) is 9.31 Å². The lowest BCUT2D eigenvalue weighted by Crippen LogP contribution is -2.41. The highest BCUT2D eigenvalue weighted by Crippen LogP contribution is 2.37. The number of aromatic nitrogens is 2. The van der Waals surface area contributed by atoms with Gasteiger partial charge in [-0.05, 0) is 46.8 Å². The Bertz CT molecular complexity index is 666. The fourth-order valence-electron chi connectivity index (χ4n) is 2.55. The monoisotopic (exact) mass is 286 g/mol. The van der Waals surface area contributed by atoms with Crippen molar-refractivity contribution in [3.05, 3.63) is 24.5 Å². The summed E-state index contributed by atoms with van der Waals surface area (Å²) >= 11 is 0. The zero-order chi connectivity index (χ0) is 15.4. The highest BCUT2D eigenvalue weighted by molar-refractivity contribution is 6.65. The highest BCUT2D eigenvalue weighted by Gasteiger charge is 2.52. The van der Waals surface area contributed by atoms with E-state index in [1.54, 1.807) is 17.5 Å². The summed E-state index contributed by atoms with van der Waals surface area (Å²) in [6.45, 7) is 9.82. The number of pyridine rings is 1. The molecule has 110 valence electrons. The fourth-order valence-corrected chi connectivity index (χ4v) is 2.55. The van der Waals surface area contributed by atoms with Crippen molar-refractivity contribution in [2.75, 3.05) is 0 Å². The van der Waals surface area contributed by atoms with E-state index in [0.717, 1.165) is 16.5 Å². The molecule has 0 aromatic carbocycles. The van der Waals surface area contributed by atoms with Gasteiger partial charge in [0, 0.05) is 17.0 Å². The van der Waals surface area contributed by atoms with Crippen molar-refractivity contribution in [2.45, 2.75) is 45.7 Å². The molecular formula is C14H20B2N2O3. The number of hydrogen-bond donors (Lipinski definition) is 1. The molecule has 1 N–H and O–H groups in total. The quantitative estimate of drug-likeness (QED) is 0.845. The summed E-state index contributed by atoms with van der Waals surface area (Å²) in [4.78, 5) is 4.36. The molecule has 0 radical (unpaired) electrons. The lowest BCUT2D eigenvalue weighted by molar-refractivity contribution is 0.00578. The van der Waals surface area contributed by atoms with Gasteiger partial charge in [0.05, 0.1) is 11.2 Å². The van der Waals surface area contributed by atoms with E-state index < -0.39 is 14.2 Å². The summed E-state index contributed by atoms with van der Waals surface area (Å²) in [5, 5.41) is 10.9. The van der Waals surface area contributed by atoms with E-state index in [9.17, 15) is 5.02 Å². The molecule has 1 aliphatic heterocycles. The first-order valence-electron chi connectivity index (χ1n) is 7.22. The second-order valence-electron chi connectivity index (χ2n) is 6.59. The summed E-state index contributed by atoms with van der Waals surface area (Å²) in [7, 11) is -1.11. The molecule has 21 heavy (non-hydrogen) atoms. The van der Waals surface area contributed by atoms with Crippen LogP contribution in [0.3, 0.4) is 0 Å². The van der Waals surface area contributed by atoms with Crippen molar-refractivity contribution in [1.29, 1.82) is 0 Å². The molecule has 0 atom stereocenters. The van der Waals surface area contributed by atoms with Crippen LogP contribution in [0.4, 0.5) is 0 Å². The molecule has 2 aromatic rings. The predicted molar refractivity (Wildman–Crippen MR) is 84.7 cm³/mol. The highest BCUT2D eigenvalue weighted by atomic mass is 16.7. The van der Waals surface area contributed by atoms with Crippen LogP contribution in [0.1, 0.15) is 27.7 Å². The lowest BCUT2D eigenvalue weighted by Gasteiger charge is -2.32. The van der Waals surface area contributed by atoms with Crippen LogP contribution in [0.2, 0.25) is 6.82 Å². The third-order valence-corrected chi connectivity index (χ3v) is 4.53. The van der Waals surface area contributed by atoms with Crippen LogP contribution in [0.25, 0.3) is 11.0 Å². The van der Waals surface area contributed by atoms with Gasteiger partial charge in [0.2, 0.25) is 0 Å². The molecule has 0 bridgehead atoms.